The lowest BCUT2D eigenvalue weighted by atomic mass is 10.1. The van der Waals surface area contributed by atoms with E-state index >= 15 is 0 Å². The Balaban J connectivity index is 2.00. The normalized spacial score (nSPS) is 26.5. The second kappa shape index (κ2) is 5.40. The van der Waals surface area contributed by atoms with Crippen molar-refractivity contribution in [2.24, 2.45) is 5.73 Å². The Labute approximate surface area is 124 Å². The number of primary amides is 1. The van der Waals surface area contributed by atoms with Crippen molar-refractivity contribution in [2.45, 2.75) is 36.2 Å². The van der Waals surface area contributed by atoms with Crippen molar-refractivity contribution >= 4 is 15.9 Å². The highest BCUT2D eigenvalue weighted by Crippen LogP contribution is 2.33. The van der Waals surface area contributed by atoms with Crippen LogP contribution in [0.15, 0.2) is 29.2 Å². The summed E-state index contributed by atoms with van der Waals surface area (Å²) in [4.78, 5) is 11.4. The monoisotopic (exact) mass is 309 g/mol. The Kier molecular flexibility index (Phi) is 3.73. The molecule has 1 amide bonds. The summed E-state index contributed by atoms with van der Waals surface area (Å²) in [7, 11) is -3.59. The molecule has 2 bridgehead atoms. The lowest BCUT2D eigenvalue weighted by Gasteiger charge is -2.27. The third kappa shape index (κ3) is 2.56. The van der Waals surface area contributed by atoms with Crippen molar-refractivity contribution < 1.29 is 13.2 Å². The molecular formula is C14H19N3O3S. The molecule has 0 aromatic heterocycles. The van der Waals surface area contributed by atoms with Gasteiger partial charge in [-0.25, -0.2) is 8.42 Å². The fourth-order valence-electron chi connectivity index (χ4n) is 3.26. The van der Waals surface area contributed by atoms with E-state index in [-0.39, 0.29) is 22.5 Å². The molecule has 2 fully saturated rings. The van der Waals surface area contributed by atoms with Gasteiger partial charge in [0.1, 0.15) is 0 Å². The van der Waals surface area contributed by atoms with E-state index in [1.165, 1.54) is 18.2 Å². The minimum atomic E-state index is -3.59. The summed E-state index contributed by atoms with van der Waals surface area (Å²) in [5.74, 6) is -0.618. The van der Waals surface area contributed by atoms with E-state index in [4.69, 9.17) is 5.73 Å². The predicted molar refractivity (Wildman–Crippen MR) is 78.3 cm³/mol. The summed E-state index contributed by atoms with van der Waals surface area (Å²) in [6.07, 6.45) is 2.61. The van der Waals surface area contributed by atoms with Crippen LogP contribution in [0.3, 0.4) is 0 Å². The first-order chi connectivity index (χ1) is 10.00. The summed E-state index contributed by atoms with van der Waals surface area (Å²) in [6, 6.07) is 6.03. The van der Waals surface area contributed by atoms with Crippen molar-refractivity contribution in [3.05, 3.63) is 29.8 Å². The van der Waals surface area contributed by atoms with E-state index in [9.17, 15) is 13.2 Å². The summed E-state index contributed by atoms with van der Waals surface area (Å²) in [6.45, 7) is 1.53. The van der Waals surface area contributed by atoms with Crippen molar-refractivity contribution in [3.63, 3.8) is 0 Å². The van der Waals surface area contributed by atoms with Crippen molar-refractivity contribution in [3.8, 4) is 0 Å². The molecule has 2 saturated heterocycles. The molecular weight excluding hydrogens is 290 g/mol. The number of carbonyl (C=O) groups excluding carboxylic acids is 1. The third-order valence-electron chi connectivity index (χ3n) is 4.28. The molecule has 6 nitrogen and oxygen atoms in total. The van der Waals surface area contributed by atoms with Crippen molar-refractivity contribution in [2.75, 3.05) is 13.1 Å². The third-order valence-corrected chi connectivity index (χ3v) is 6.28. The highest BCUT2D eigenvalue weighted by Gasteiger charge is 2.43. The second-order valence-corrected chi connectivity index (χ2v) is 7.45. The number of sulfonamides is 1. The van der Waals surface area contributed by atoms with E-state index in [0.29, 0.717) is 6.54 Å². The van der Waals surface area contributed by atoms with Gasteiger partial charge in [0.15, 0.2) is 0 Å². The van der Waals surface area contributed by atoms with Crippen molar-refractivity contribution in [1.82, 2.24) is 9.62 Å². The quantitative estimate of drug-likeness (QED) is 0.840. The van der Waals surface area contributed by atoms with Crippen molar-refractivity contribution in [1.29, 1.82) is 0 Å². The number of nitrogens with one attached hydrogen (secondary N) is 1. The van der Waals surface area contributed by atoms with Crippen LogP contribution >= 0.6 is 0 Å². The summed E-state index contributed by atoms with van der Waals surface area (Å²) >= 11 is 0. The molecule has 2 unspecified atom stereocenters. The highest BCUT2D eigenvalue weighted by molar-refractivity contribution is 7.89. The number of rotatable bonds is 3. The molecule has 0 radical (unpaired) electrons. The van der Waals surface area contributed by atoms with Gasteiger partial charge in [0.25, 0.3) is 0 Å². The number of nitrogens with two attached hydrogens (primary N) is 1. The lowest BCUT2D eigenvalue weighted by Crippen LogP contribution is -2.42. The number of hydrogen-bond acceptors (Lipinski definition) is 4. The largest absolute Gasteiger partial charge is 0.366 e. The van der Waals surface area contributed by atoms with Gasteiger partial charge in [-0.05, 0) is 44.0 Å². The van der Waals surface area contributed by atoms with E-state index in [1.54, 1.807) is 10.4 Å². The first kappa shape index (κ1) is 14.5. The minimum absolute atomic E-state index is 0.000246. The molecule has 0 spiro atoms. The number of carbonyl (C=O) groups is 1. The van der Waals surface area contributed by atoms with Crippen LogP contribution in [-0.4, -0.2) is 43.8 Å². The van der Waals surface area contributed by atoms with E-state index in [0.717, 1.165) is 25.8 Å². The van der Waals surface area contributed by atoms with Crippen LogP contribution in [0.25, 0.3) is 0 Å². The predicted octanol–water partition coefficient (Wildman–Crippen LogP) is 0.300. The molecule has 0 aliphatic carbocycles. The molecule has 2 atom stereocenters. The average Bonchev–Trinajstić information content (AvgIpc) is 2.73. The SMILES string of the molecule is NC(=O)c1cccc(S(=O)(=O)N2C3CCNCC2CC3)c1. The van der Waals surface area contributed by atoms with Crippen LogP contribution in [0.1, 0.15) is 29.6 Å². The van der Waals surface area contributed by atoms with E-state index in [2.05, 4.69) is 5.32 Å². The number of nitrogens with zero attached hydrogens (tertiary/aromatic N) is 1. The maximum absolute atomic E-state index is 12.9. The van der Waals surface area contributed by atoms with Gasteiger partial charge in [-0.2, -0.15) is 4.31 Å². The number of amides is 1. The smallest absolute Gasteiger partial charge is 0.248 e. The molecule has 3 rings (SSSR count). The van der Waals surface area contributed by atoms with Gasteiger partial charge in [0.05, 0.1) is 4.90 Å². The maximum atomic E-state index is 12.9. The van der Waals surface area contributed by atoms with Crippen LogP contribution in [-0.2, 0) is 10.0 Å². The first-order valence-electron chi connectivity index (χ1n) is 7.14. The standard InChI is InChI=1S/C14H19N3O3S/c15-14(18)10-2-1-3-13(8-10)21(19,20)17-11-4-5-12(17)9-16-7-6-11/h1-3,8,11-12,16H,4-7,9H2,(H2,15,18). The van der Waals surface area contributed by atoms with Gasteiger partial charge < -0.3 is 11.1 Å². The molecule has 2 heterocycles. The van der Waals surface area contributed by atoms with E-state index in [1.807, 2.05) is 0 Å². The van der Waals surface area contributed by atoms with Crippen LogP contribution < -0.4 is 11.1 Å². The van der Waals surface area contributed by atoms with Crippen LogP contribution in [0, 0.1) is 0 Å². The molecule has 0 saturated carbocycles. The minimum Gasteiger partial charge on any atom is -0.366 e. The highest BCUT2D eigenvalue weighted by atomic mass is 32.2. The van der Waals surface area contributed by atoms with Crippen LogP contribution in [0.2, 0.25) is 0 Å². The Morgan fingerprint density at radius 2 is 2.00 bits per heavy atom. The number of benzene rings is 1. The Bertz CT molecular complexity index is 645. The summed E-state index contributed by atoms with van der Waals surface area (Å²) in [5, 5.41) is 3.28. The molecule has 3 N–H and O–H groups in total. The molecule has 2 aliphatic rings. The lowest BCUT2D eigenvalue weighted by molar-refractivity contribution is 0.1000. The molecule has 2 aliphatic heterocycles. The second-order valence-electron chi connectivity index (χ2n) is 5.60. The fraction of sp³-hybridized carbons (Fsp3) is 0.500. The zero-order chi connectivity index (χ0) is 15.0. The molecule has 21 heavy (non-hydrogen) atoms. The van der Waals surface area contributed by atoms with Gasteiger partial charge in [0, 0.05) is 24.2 Å². The fourth-order valence-corrected chi connectivity index (χ4v) is 5.21. The van der Waals surface area contributed by atoms with Crippen LogP contribution in [0.5, 0.6) is 0 Å². The van der Waals surface area contributed by atoms with E-state index < -0.39 is 15.9 Å². The van der Waals surface area contributed by atoms with Gasteiger partial charge in [-0.1, -0.05) is 6.07 Å². The van der Waals surface area contributed by atoms with Gasteiger partial charge in [-0.3, -0.25) is 4.79 Å². The zero-order valence-corrected chi connectivity index (χ0v) is 12.5. The summed E-state index contributed by atoms with van der Waals surface area (Å²) < 4.78 is 27.5. The molecule has 1 aromatic carbocycles. The topological polar surface area (TPSA) is 92.5 Å². The first-order valence-corrected chi connectivity index (χ1v) is 8.58. The number of hydrogen-bond donors (Lipinski definition) is 2. The average molecular weight is 309 g/mol. The number of fused-ring (bicyclic) bond motifs is 2. The zero-order valence-electron chi connectivity index (χ0n) is 11.7. The molecule has 114 valence electrons. The summed E-state index contributed by atoms with van der Waals surface area (Å²) in [5.41, 5.74) is 5.46. The Morgan fingerprint density at radius 3 is 2.76 bits per heavy atom. The molecule has 7 heteroatoms. The molecule has 1 aromatic rings. The Hall–Kier alpha value is -1.44. The van der Waals surface area contributed by atoms with Gasteiger partial charge in [0.2, 0.25) is 15.9 Å². The van der Waals surface area contributed by atoms with Gasteiger partial charge in [-0.15, -0.1) is 0 Å². The van der Waals surface area contributed by atoms with Gasteiger partial charge >= 0.3 is 0 Å². The van der Waals surface area contributed by atoms with Crippen LogP contribution in [0.4, 0.5) is 0 Å². The Morgan fingerprint density at radius 1 is 1.24 bits per heavy atom. The maximum Gasteiger partial charge on any atom is 0.248 e.